The van der Waals surface area contributed by atoms with Gasteiger partial charge in [0.15, 0.2) is 0 Å². The summed E-state index contributed by atoms with van der Waals surface area (Å²) < 4.78 is 0. The maximum atomic E-state index is 3.85. The Kier molecular flexibility index (Phi) is 6.82. The predicted octanol–water partition coefficient (Wildman–Crippen LogP) is 3.91. The minimum absolute atomic E-state index is 0.578. The van der Waals surface area contributed by atoms with Gasteiger partial charge in [0.05, 0.1) is 0 Å². The van der Waals surface area contributed by atoms with E-state index in [1.54, 1.807) is 0 Å². The molecule has 1 unspecified atom stereocenters. The predicted molar refractivity (Wildman–Crippen MR) is 85.6 cm³/mol. The van der Waals surface area contributed by atoms with Crippen LogP contribution in [0, 0.1) is 11.3 Å². The quantitative estimate of drug-likeness (QED) is 0.753. The van der Waals surface area contributed by atoms with Crippen LogP contribution in [0.3, 0.4) is 0 Å². The van der Waals surface area contributed by atoms with Crippen molar-refractivity contribution in [1.82, 2.24) is 10.2 Å². The van der Waals surface area contributed by atoms with E-state index >= 15 is 0 Å². The molecule has 1 atom stereocenters. The maximum Gasteiger partial charge on any atom is 0.0242 e. The van der Waals surface area contributed by atoms with Crippen molar-refractivity contribution in [2.75, 3.05) is 20.6 Å². The smallest absolute Gasteiger partial charge is 0.0242 e. The summed E-state index contributed by atoms with van der Waals surface area (Å²) in [6.07, 6.45) is 8.05. The van der Waals surface area contributed by atoms with Gasteiger partial charge < -0.3 is 10.2 Å². The molecular formula is C17H36N2. The molecule has 0 aromatic rings. The molecule has 0 aromatic carbocycles. The molecular weight excluding hydrogens is 232 g/mol. The highest BCUT2D eigenvalue weighted by molar-refractivity contribution is 4.84. The Balaban J connectivity index is 2.40. The molecule has 2 heteroatoms. The Hall–Kier alpha value is -0.0800. The normalized spacial score (nSPS) is 22.1. The van der Waals surface area contributed by atoms with Crippen LogP contribution >= 0.6 is 0 Å². The zero-order valence-corrected chi connectivity index (χ0v) is 14.1. The van der Waals surface area contributed by atoms with Crippen molar-refractivity contribution in [3.8, 4) is 0 Å². The van der Waals surface area contributed by atoms with Crippen molar-refractivity contribution in [3.63, 3.8) is 0 Å². The summed E-state index contributed by atoms with van der Waals surface area (Å²) in [5, 5.41) is 3.85. The fourth-order valence-corrected chi connectivity index (χ4v) is 3.49. The zero-order valence-electron chi connectivity index (χ0n) is 14.1. The van der Waals surface area contributed by atoms with Crippen LogP contribution in [0.15, 0.2) is 0 Å². The minimum Gasteiger partial charge on any atom is -0.312 e. The third kappa shape index (κ3) is 5.43. The number of nitrogens with zero attached hydrogens (tertiary/aromatic N) is 1. The van der Waals surface area contributed by atoms with Gasteiger partial charge in [-0.25, -0.2) is 0 Å². The summed E-state index contributed by atoms with van der Waals surface area (Å²) >= 11 is 0. The fraction of sp³-hybridized carbons (Fsp3) is 1.00. The van der Waals surface area contributed by atoms with Crippen molar-refractivity contribution < 1.29 is 0 Å². The van der Waals surface area contributed by atoms with Gasteiger partial charge in [-0.1, -0.05) is 40.5 Å². The van der Waals surface area contributed by atoms with Crippen molar-refractivity contribution in [1.29, 1.82) is 0 Å². The summed E-state index contributed by atoms with van der Waals surface area (Å²) in [6.45, 7) is 10.6. The highest BCUT2D eigenvalue weighted by Gasteiger charge is 2.28. The van der Waals surface area contributed by atoms with E-state index in [9.17, 15) is 0 Å². The maximum absolute atomic E-state index is 3.85. The molecule has 1 N–H and O–H groups in total. The van der Waals surface area contributed by atoms with Crippen molar-refractivity contribution in [2.24, 2.45) is 11.3 Å². The lowest BCUT2D eigenvalue weighted by Gasteiger charge is -2.37. The van der Waals surface area contributed by atoms with E-state index in [0.29, 0.717) is 11.5 Å². The number of rotatable bonds is 7. The molecule has 19 heavy (non-hydrogen) atoms. The van der Waals surface area contributed by atoms with E-state index in [2.05, 4.69) is 52.0 Å². The second-order valence-corrected chi connectivity index (χ2v) is 7.45. The molecule has 0 aromatic heterocycles. The Morgan fingerprint density at radius 3 is 2.05 bits per heavy atom. The number of hydrogen-bond donors (Lipinski definition) is 1. The molecule has 1 fully saturated rings. The summed E-state index contributed by atoms with van der Waals surface area (Å²) in [6, 6.07) is 1.44. The van der Waals surface area contributed by atoms with Crippen LogP contribution < -0.4 is 5.32 Å². The lowest BCUT2D eigenvalue weighted by molar-refractivity contribution is 0.166. The number of hydrogen-bond acceptors (Lipinski definition) is 2. The van der Waals surface area contributed by atoms with E-state index in [4.69, 9.17) is 0 Å². The monoisotopic (exact) mass is 268 g/mol. The second kappa shape index (κ2) is 7.64. The van der Waals surface area contributed by atoms with Crippen LogP contribution in [0.1, 0.15) is 66.2 Å². The topological polar surface area (TPSA) is 15.3 Å². The van der Waals surface area contributed by atoms with Gasteiger partial charge in [-0.3, -0.25) is 0 Å². The molecule has 1 saturated carbocycles. The van der Waals surface area contributed by atoms with Crippen LogP contribution in [0.2, 0.25) is 0 Å². The third-order valence-corrected chi connectivity index (χ3v) is 5.21. The first kappa shape index (κ1) is 17.0. The first-order valence-electron chi connectivity index (χ1n) is 8.29. The van der Waals surface area contributed by atoms with E-state index in [0.717, 1.165) is 18.5 Å². The van der Waals surface area contributed by atoms with E-state index < -0.39 is 0 Å². The lowest BCUT2D eigenvalue weighted by atomic mass is 9.75. The highest BCUT2D eigenvalue weighted by atomic mass is 15.1. The standard InChI is InChI=1S/C17H36N2/c1-7-14(8-2)16(19(5)6)13-18-15-9-11-17(3,4)12-10-15/h14-16,18H,7-13H2,1-6H3. The van der Waals surface area contributed by atoms with Crippen LogP contribution in [0.25, 0.3) is 0 Å². The SMILES string of the molecule is CCC(CC)C(CNC1CCC(C)(C)CC1)N(C)C. The van der Waals surface area contributed by atoms with Crippen LogP contribution in [-0.2, 0) is 0 Å². The molecule has 0 amide bonds. The molecule has 0 heterocycles. The molecule has 0 aliphatic heterocycles. The largest absolute Gasteiger partial charge is 0.312 e. The molecule has 0 radical (unpaired) electrons. The van der Waals surface area contributed by atoms with E-state index in [1.165, 1.54) is 38.5 Å². The summed E-state index contributed by atoms with van der Waals surface area (Å²) in [7, 11) is 4.46. The Morgan fingerprint density at radius 2 is 1.63 bits per heavy atom. The molecule has 2 nitrogen and oxygen atoms in total. The Bertz CT molecular complexity index is 234. The minimum atomic E-state index is 0.578. The first-order valence-corrected chi connectivity index (χ1v) is 8.29. The van der Waals surface area contributed by atoms with Crippen LogP contribution in [-0.4, -0.2) is 37.6 Å². The van der Waals surface area contributed by atoms with E-state index in [-0.39, 0.29) is 0 Å². The van der Waals surface area contributed by atoms with Crippen molar-refractivity contribution >= 4 is 0 Å². The molecule has 1 rings (SSSR count). The average molecular weight is 268 g/mol. The number of nitrogens with one attached hydrogen (secondary N) is 1. The van der Waals surface area contributed by atoms with Gasteiger partial charge in [0.2, 0.25) is 0 Å². The van der Waals surface area contributed by atoms with Gasteiger partial charge in [-0.2, -0.15) is 0 Å². The van der Waals surface area contributed by atoms with E-state index in [1.807, 2.05) is 0 Å². The summed E-state index contributed by atoms with van der Waals surface area (Å²) in [5.41, 5.74) is 0.578. The van der Waals surface area contributed by atoms with Crippen LogP contribution in [0.5, 0.6) is 0 Å². The second-order valence-electron chi connectivity index (χ2n) is 7.45. The van der Waals surface area contributed by atoms with Gasteiger partial charge >= 0.3 is 0 Å². The molecule has 114 valence electrons. The zero-order chi connectivity index (χ0) is 14.5. The molecule has 0 spiro atoms. The lowest BCUT2D eigenvalue weighted by Crippen LogP contribution is -2.47. The average Bonchev–Trinajstić information content (AvgIpc) is 2.35. The fourth-order valence-electron chi connectivity index (χ4n) is 3.49. The highest BCUT2D eigenvalue weighted by Crippen LogP contribution is 2.35. The molecule has 0 bridgehead atoms. The van der Waals surface area contributed by atoms with Gasteiger partial charge in [0, 0.05) is 18.6 Å². The first-order chi connectivity index (χ1) is 8.89. The molecule has 0 saturated heterocycles. The van der Waals surface area contributed by atoms with Crippen LogP contribution in [0.4, 0.5) is 0 Å². The third-order valence-electron chi connectivity index (χ3n) is 5.21. The van der Waals surface area contributed by atoms with Gasteiger partial charge in [0.25, 0.3) is 0 Å². The van der Waals surface area contributed by atoms with Gasteiger partial charge in [-0.15, -0.1) is 0 Å². The summed E-state index contributed by atoms with van der Waals surface area (Å²) in [5.74, 6) is 0.822. The molecule has 1 aliphatic carbocycles. The Labute approximate surface area is 121 Å². The van der Waals surface area contributed by atoms with Gasteiger partial charge in [-0.05, 0) is 51.1 Å². The van der Waals surface area contributed by atoms with Crippen molar-refractivity contribution in [2.45, 2.75) is 78.3 Å². The number of likely N-dealkylation sites (N-methyl/N-ethyl adjacent to an activating group) is 1. The van der Waals surface area contributed by atoms with Gasteiger partial charge in [0.1, 0.15) is 0 Å². The summed E-state index contributed by atoms with van der Waals surface area (Å²) in [4.78, 5) is 2.41. The molecule has 1 aliphatic rings. The van der Waals surface area contributed by atoms with Crippen molar-refractivity contribution in [3.05, 3.63) is 0 Å². The Morgan fingerprint density at radius 1 is 1.11 bits per heavy atom.